The van der Waals surface area contributed by atoms with Crippen LogP contribution in [0.1, 0.15) is 23.0 Å². The fourth-order valence-electron chi connectivity index (χ4n) is 2.22. The van der Waals surface area contributed by atoms with Gasteiger partial charge in [0.2, 0.25) is 0 Å². The average Bonchev–Trinajstić information content (AvgIpc) is 3.18. The van der Waals surface area contributed by atoms with Crippen molar-refractivity contribution in [3.63, 3.8) is 0 Å². The second kappa shape index (κ2) is 6.39. The first-order valence-corrected chi connectivity index (χ1v) is 7.23. The van der Waals surface area contributed by atoms with Gasteiger partial charge in [0.15, 0.2) is 11.5 Å². The molecule has 118 valence electrons. The molecule has 0 bridgehead atoms. The molecule has 0 saturated heterocycles. The maximum absolute atomic E-state index is 12.5. The molecule has 0 saturated carbocycles. The van der Waals surface area contributed by atoms with Crippen molar-refractivity contribution in [1.29, 1.82) is 0 Å². The van der Waals surface area contributed by atoms with Crippen LogP contribution >= 0.6 is 0 Å². The van der Waals surface area contributed by atoms with E-state index in [1.165, 1.54) is 6.26 Å². The van der Waals surface area contributed by atoms with Gasteiger partial charge in [-0.2, -0.15) is 0 Å². The van der Waals surface area contributed by atoms with E-state index in [4.69, 9.17) is 13.7 Å². The van der Waals surface area contributed by atoms with Crippen molar-refractivity contribution in [2.75, 3.05) is 11.9 Å². The second-order valence-electron chi connectivity index (χ2n) is 4.85. The number of aromatic nitrogens is 1. The highest BCUT2D eigenvalue weighted by Gasteiger charge is 2.23. The number of ether oxygens (including phenoxy) is 1. The van der Waals surface area contributed by atoms with Gasteiger partial charge in [0.05, 0.1) is 12.9 Å². The largest absolute Gasteiger partial charge is 0.494 e. The predicted octanol–water partition coefficient (Wildman–Crippen LogP) is 3.89. The zero-order valence-corrected chi connectivity index (χ0v) is 12.8. The van der Waals surface area contributed by atoms with E-state index in [-0.39, 0.29) is 5.91 Å². The molecule has 2 heterocycles. The summed E-state index contributed by atoms with van der Waals surface area (Å²) in [6.45, 7) is 4.20. The van der Waals surface area contributed by atoms with Crippen molar-refractivity contribution in [1.82, 2.24) is 5.16 Å². The summed E-state index contributed by atoms with van der Waals surface area (Å²) in [7, 11) is 0. The number of hydrogen-bond acceptors (Lipinski definition) is 5. The lowest BCUT2D eigenvalue weighted by atomic mass is 10.1. The van der Waals surface area contributed by atoms with Crippen molar-refractivity contribution in [2.24, 2.45) is 0 Å². The molecule has 0 atom stereocenters. The lowest BCUT2D eigenvalue weighted by Gasteiger charge is -2.07. The molecule has 3 aromatic rings. The van der Waals surface area contributed by atoms with Crippen molar-refractivity contribution < 1.29 is 18.5 Å². The lowest BCUT2D eigenvalue weighted by Crippen LogP contribution is -2.13. The van der Waals surface area contributed by atoms with Gasteiger partial charge in [-0.1, -0.05) is 5.16 Å². The van der Waals surface area contributed by atoms with Gasteiger partial charge in [0, 0.05) is 5.69 Å². The molecule has 1 amide bonds. The molecule has 0 aliphatic heterocycles. The number of amides is 1. The van der Waals surface area contributed by atoms with Crippen LogP contribution < -0.4 is 10.1 Å². The van der Waals surface area contributed by atoms with Crippen LogP contribution in [-0.4, -0.2) is 17.7 Å². The average molecular weight is 312 g/mol. The summed E-state index contributed by atoms with van der Waals surface area (Å²) in [5.41, 5.74) is 1.40. The summed E-state index contributed by atoms with van der Waals surface area (Å²) >= 11 is 0. The number of carbonyl (C=O) groups is 1. The Morgan fingerprint density at radius 3 is 2.70 bits per heavy atom. The smallest absolute Gasteiger partial charge is 0.261 e. The number of furan rings is 1. The van der Waals surface area contributed by atoms with Crippen LogP contribution in [0.25, 0.3) is 11.5 Å². The molecule has 1 N–H and O–H groups in total. The fourth-order valence-corrected chi connectivity index (χ4v) is 2.22. The number of benzene rings is 1. The molecule has 0 fully saturated rings. The molecule has 2 aromatic heterocycles. The van der Waals surface area contributed by atoms with Gasteiger partial charge in [0.25, 0.3) is 5.91 Å². The monoisotopic (exact) mass is 312 g/mol. The van der Waals surface area contributed by atoms with Gasteiger partial charge in [-0.15, -0.1) is 0 Å². The summed E-state index contributed by atoms with van der Waals surface area (Å²) in [4.78, 5) is 12.5. The van der Waals surface area contributed by atoms with Crippen LogP contribution in [0.3, 0.4) is 0 Å². The summed E-state index contributed by atoms with van der Waals surface area (Å²) < 4.78 is 15.8. The molecule has 6 nitrogen and oxygen atoms in total. The summed E-state index contributed by atoms with van der Waals surface area (Å²) in [5, 5.41) is 6.73. The molecule has 23 heavy (non-hydrogen) atoms. The molecule has 0 unspecified atom stereocenters. The minimum Gasteiger partial charge on any atom is -0.494 e. The van der Waals surface area contributed by atoms with Gasteiger partial charge < -0.3 is 19.0 Å². The van der Waals surface area contributed by atoms with Gasteiger partial charge >= 0.3 is 0 Å². The molecule has 6 heteroatoms. The van der Waals surface area contributed by atoms with Gasteiger partial charge in [-0.25, -0.2) is 0 Å². The van der Waals surface area contributed by atoms with Crippen LogP contribution in [0, 0.1) is 6.92 Å². The summed E-state index contributed by atoms with van der Waals surface area (Å²) in [6.07, 6.45) is 1.52. The number of nitrogens with one attached hydrogen (secondary N) is 1. The molecule has 0 radical (unpaired) electrons. The Balaban J connectivity index is 1.82. The molecule has 0 aliphatic carbocycles. The third kappa shape index (κ3) is 3.11. The summed E-state index contributed by atoms with van der Waals surface area (Å²) in [5.74, 6) is 1.36. The van der Waals surface area contributed by atoms with Crippen molar-refractivity contribution >= 4 is 11.6 Å². The minimum atomic E-state index is -0.306. The Morgan fingerprint density at radius 2 is 2.04 bits per heavy atom. The molecule has 0 aliphatic rings. The topological polar surface area (TPSA) is 77.5 Å². The summed E-state index contributed by atoms with van der Waals surface area (Å²) in [6, 6.07) is 10.6. The fraction of sp³-hybridized carbons (Fsp3) is 0.176. The Bertz CT molecular complexity index is 789. The quantitative estimate of drug-likeness (QED) is 0.773. The van der Waals surface area contributed by atoms with Crippen LogP contribution in [0.4, 0.5) is 5.69 Å². The van der Waals surface area contributed by atoms with E-state index in [9.17, 15) is 4.79 Å². The third-order valence-corrected chi connectivity index (χ3v) is 3.27. The van der Waals surface area contributed by atoms with Crippen molar-refractivity contribution in [3.05, 3.63) is 54.0 Å². The third-order valence-electron chi connectivity index (χ3n) is 3.27. The first-order chi connectivity index (χ1) is 11.2. The second-order valence-corrected chi connectivity index (χ2v) is 4.85. The standard InChI is InChI=1S/C17H16N2O4/c1-3-21-13-8-6-12(7-9-13)18-17(20)15-11(2)23-19-16(15)14-5-4-10-22-14/h4-10H,3H2,1-2H3,(H,18,20). The van der Waals surface area contributed by atoms with E-state index in [1.54, 1.807) is 43.3 Å². The zero-order chi connectivity index (χ0) is 16.2. The van der Waals surface area contributed by atoms with E-state index in [2.05, 4.69) is 10.5 Å². The van der Waals surface area contributed by atoms with E-state index in [0.29, 0.717) is 35.1 Å². The SMILES string of the molecule is CCOc1ccc(NC(=O)c2c(-c3ccco3)noc2C)cc1. The molecule has 1 aromatic carbocycles. The highest BCUT2D eigenvalue weighted by molar-refractivity contribution is 6.08. The van der Waals surface area contributed by atoms with Gasteiger partial charge in [0.1, 0.15) is 17.1 Å². The lowest BCUT2D eigenvalue weighted by molar-refractivity contribution is 0.102. The Kier molecular flexibility index (Phi) is 4.14. The number of aryl methyl sites for hydroxylation is 1. The zero-order valence-electron chi connectivity index (χ0n) is 12.8. The first kappa shape index (κ1) is 14.9. The first-order valence-electron chi connectivity index (χ1n) is 7.23. The molecule has 3 rings (SSSR count). The number of anilines is 1. The van der Waals surface area contributed by atoms with E-state index >= 15 is 0 Å². The predicted molar refractivity (Wildman–Crippen MR) is 84.5 cm³/mol. The van der Waals surface area contributed by atoms with Crippen LogP contribution in [0.5, 0.6) is 5.75 Å². The van der Waals surface area contributed by atoms with E-state index in [0.717, 1.165) is 5.75 Å². The molecular weight excluding hydrogens is 296 g/mol. The maximum atomic E-state index is 12.5. The van der Waals surface area contributed by atoms with Gasteiger partial charge in [-0.3, -0.25) is 4.79 Å². The Labute approximate surface area is 133 Å². The Hall–Kier alpha value is -3.02. The van der Waals surface area contributed by atoms with E-state index in [1.807, 2.05) is 6.92 Å². The van der Waals surface area contributed by atoms with Crippen LogP contribution in [0.15, 0.2) is 51.6 Å². The van der Waals surface area contributed by atoms with Gasteiger partial charge in [-0.05, 0) is 50.2 Å². The van der Waals surface area contributed by atoms with Crippen LogP contribution in [-0.2, 0) is 0 Å². The number of hydrogen-bond donors (Lipinski definition) is 1. The number of nitrogens with zero attached hydrogens (tertiary/aromatic N) is 1. The van der Waals surface area contributed by atoms with Crippen LogP contribution in [0.2, 0.25) is 0 Å². The highest BCUT2D eigenvalue weighted by Crippen LogP contribution is 2.26. The normalized spacial score (nSPS) is 10.5. The minimum absolute atomic E-state index is 0.306. The van der Waals surface area contributed by atoms with E-state index < -0.39 is 0 Å². The molecule has 0 spiro atoms. The Morgan fingerprint density at radius 1 is 1.26 bits per heavy atom. The highest BCUT2D eigenvalue weighted by atomic mass is 16.5. The maximum Gasteiger partial charge on any atom is 0.261 e. The van der Waals surface area contributed by atoms with Crippen molar-refractivity contribution in [2.45, 2.75) is 13.8 Å². The van der Waals surface area contributed by atoms with Crippen molar-refractivity contribution in [3.8, 4) is 17.2 Å². The number of carbonyl (C=O) groups excluding carboxylic acids is 1. The molecular formula is C17H16N2O4. The number of rotatable bonds is 5.